The van der Waals surface area contributed by atoms with E-state index in [9.17, 15) is 14.5 Å². The standard InChI is InChI=1S/C7H6BrFN2O3/c8-4-1-5(11(13)14)7(10-3-4)6(12)2-9/h1,3,6,12H,2H2. The van der Waals surface area contributed by atoms with Gasteiger partial charge in [0.25, 0.3) is 5.69 Å². The fourth-order valence-corrected chi connectivity index (χ4v) is 1.23. The van der Waals surface area contributed by atoms with Gasteiger partial charge in [-0.25, -0.2) is 4.39 Å². The Hall–Kier alpha value is -1.08. The van der Waals surface area contributed by atoms with E-state index in [1.54, 1.807) is 0 Å². The molecule has 0 radical (unpaired) electrons. The van der Waals surface area contributed by atoms with Gasteiger partial charge in [0.2, 0.25) is 0 Å². The number of rotatable bonds is 3. The topological polar surface area (TPSA) is 76.3 Å². The number of halogens is 2. The highest BCUT2D eigenvalue weighted by Gasteiger charge is 2.22. The molecule has 14 heavy (non-hydrogen) atoms. The normalized spacial score (nSPS) is 12.5. The molecule has 0 aliphatic rings. The first kappa shape index (κ1) is 11.0. The molecule has 0 aromatic carbocycles. The summed E-state index contributed by atoms with van der Waals surface area (Å²) >= 11 is 2.99. The molecule has 1 heterocycles. The van der Waals surface area contributed by atoms with Gasteiger partial charge in [0.05, 0.1) is 4.92 Å². The first-order chi connectivity index (χ1) is 6.56. The fourth-order valence-electron chi connectivity index (χ4n) is 0.915. The number of aliphatic hydroxyl groups excluding tert-OH is 1. The van der Waals surface area contributed by atoms with Crippen LogP contribution in [-0.2, 0) is 0 Å². The highest BCUT2D eigenvalue weighted by atomic mass is 79.9. The van der Waals surface area contributed by atoms with E-state index in [1.165, 1.54) is 12.3 Å². The Labute approximate surface area is 86.9 Å². The van der Waals surface area contributed by atoms with Crippen molar-refractivity contribution < 1.29 is 14.4 Å². The van der Waals surface area contributed by atoms with E-state index < -0.39 is 23.4 Å². The lowest BCUT2D eigenvalue weighted by atomic mass is 10.2. The number of aromatic nitrogens is 1. The molecular weight excluding hydrogens is 259 g/mol. The Morgan fingerprint density at radius 2 is 2.43 bits per heavy atom. The molecule has 0 fully saturated rings. The van der Waals surface area contributed by atoms with Crippen LogP contribution in [0.1, 0.15) is 11.8 Å². The number of hydrogen-bond acceptors (Lipinski definition) is 4. The van der Waals surface area contributed by atoms with Crippen molar-refractivity contribution in [3.8, 4) is 0 Å². The molecule has 1 rings (SSSR count). The van der Waals surface area contributed by atoms with Gasteiger partial charge < -0.3 is 5.11 Å². The third kappa shape index (κ3) is 2.24. The first-order valence-corrected chi connectivity index (χ1v) is 4.39. The lowest BCUT2D eigenvalue weighted by Gasteiger charge is -2.05. The summed E-state index contributed by atoms with van der Waals surface area (Å²) in [6, 6.07) is 1.17. The number of nitrogens with zero attached hydrogens (tertiary/aromatic N) is 2. The molecule has 1 aromatic heterocycles. The van der Waals surface area contributed by atoms with Gasteiger partial charge in [-0.3, -0.25) is 15.1 Å². The van der Waals surface area contributed by atoms with Crippen LogP contribution in [0.4, 0.5) is 10.1 Å². The first-order valence-electron chi connectivity index (χ1n) is 3.60. The predicted octanol–water partition coefficient (Wildman–Crippen LogP) is 1.76. The van der Waals surface area contributed by atoms with Crippen molar-refractivity contribution in [1.82, 2.24) is 4.98 Å². The van der Waals surface area contributed by atoms with Crippen LogP contribution in [0.25, 0.3) is 0 Å². The summed E-state index contributed by atoms with van der Waals surface area (Å²) in [7, 11) is 0. The molecular formula is C7H6BrFN2O3. The summed E-state index contributed by atoms with van der Waals surface area (Å²) in [6.07, 6.45) is -0.287. The summed E-state index contributed by atoms with van der Waals surface area (Å²) in [6.45, 7) is -1.10. The van der Waals surface area contributed by atoms with Crippen LogP contribution >= 0.6 is 15.9 Å². The third-order valence-corrected chi connectivity index (χ3v) is 1.96. The van der Waals surface area contributed by atoms with Crippen molar-refractivity contribution in [2.45, 2.75) is 6.10 Å². The maximum absolute atomic E-state index is 12.1. The number of nitro groups is 1. The van der Waals surface area contributed by atoms with Crippen LogP contribution in [0, 0.1) is 10.1 Å². The fraction of sp³-hybridized carbons (Fsp3) is 0.286. The predicted molar refractivity (Wildman–Crippen MR) is 49.5 cm³/mol. The Morgan fingerprint density at radius 1 is 1.79 bits per heavy atom. The van der Waals surface area contributed by atoms with Gasteiger partial charge in [-0.2, -0.15) is 0 Å². The van der Waals surface area contributed by atoms with Crippen molar-refractivity contribution in [3.05, 3.63) is 32.5 Å². The molecule has 0 aliphatic carbocycles. The van der Waals surface area contributed by atoms with Crippen molar-refractivity contribution >= 4 is 21.6 Å². The van der Waals surface area contributed by atoms with Crippen molar-refractivity contribution in [2.24, 2.45) is 0 Å². The van der Waals surface area contributed by atoms with Crippen LogP contribution < -0.4 is 0 Å². The largest absolute Gasteiger partial charge is 0.384 e. The average molecular weight is 265 g/mol. The van der Waals surface area contributed by atoms with Gasteiger partial charge in [0.15, 0.2) is 0 Å². The van der Waals surface area contributed by atoms with Crippen LogP contribution in [-0.4, -0.2) is 21.7 Å². The molecule has 1 aromatic rings. The molecule has 76 valence electrons. The van der Waals surface area contributed by atoms with E-state index in [-0.39, 0.29) is 5.69 Å². The van der Waals surface area contributed by atoms with Gasteiger partial charge in [0, 0.05) is 16.7 Å². The molecule has 0 bridgehead atoms. The lowest BCUT2D eigenvalue weighted by Crippen LogP contribution is -2.06. The summed E-state index contributed by atoms with van der Waals surface area (Å²) in [5, 5.41) is 19.6. The van der Waals surface area contributed by atoms with E-state index in [4.69, 9.17) is 5.11 Å². The zero-order valence-electron chi connectivity index (χ0n) is 6.85. The van der Waals surface area contributed by atoms with E-state index in [0.29, 0.717) is 4.47 Å². The van der Waals surface area contributed by atoms with Crippen molar-refractivity contribution in [3.63, 3.8) is 0 Å². The highest BCUT2D eigenvalue weighted by molar-refractivity contribution is 9.10. The Bertz CT molecular complexity index is 361. The summed E-state index contributed by atoms with van der Waals surface area (Å²) in [5.74, 6) is 0. The number of pyridine rings is 1. The average Bonchev–Trinajstić information content (AvgIpc) is 2.16. The minimum Gasteiger partial charge on any atom is -0.384 e. The number of hydrogen-bond donors (Lipinski definition) is 1. The Balaban J connectivity index is 3.21. The molecule has 0 amide bonds. The Kier molecular flexibility index (Phi) is 3.48. The SMILES string of the molecule is O=[N+]([O-])c1cc(Br)cnc1C(O)CF. The summed E-state index contributed by atoms with van der Waals surface area (Å²) in [5.41, 5.74) is -0.662. The van der Waals surface area contributed by atoms with Gasteiger partial charge in [-0.05, 0) is 15.9 Å². The minimum atomic E-state index is -1.55. The van der Waals surface area contributed by atoms with Crippen LogP contribution in [0.5, 0.6) is 0 Å². The summed E-state index contributed by atoms with van der Waals surface area (Å²) < 4.78 is 12.5. The van der Waals surface area contributed by atoms with Gasteiger partial charge in [-0.15, -0.1) is 0 Å². The molecule has 0 saturated carbocycles. The maximum atomic E-state index is 12.1. The second-order valence-corrected chi connectivity index (χ2v) is 3.40. The van der Waals surface area contributed by atoms with Gasteiger partial charge in [-0.1, -0.05) is 0 Å². The summed E-state index contributed by atoms with van der Waals surface area (Å²) in [4.78, 5) is 13.4. The number of aliphatic hydroxyl groups is 1. The molecule has 1 atom stereocenters. The smallest absolute Gasteiger partial charge is 0.294 e. The molecule has 0 saturated heterocycles. The maximum Gasteiger partial charge on any atom is 0.294 e. The van der Waals surface area contributed by atoms with E-state index in [1.807, 2.05) is 0 Å². The van der Waals surface area contributed by atoms with E-state index in [0.717, 1.165) is 0 Å². The van der Waals surface area contributed by atoms with Crippen molar-refractivity contribution in [2.75, 3.05) is 6.67 Å². The molecule has 5 nitrogen and oxygen atoms in total. The zero-order valence-corrected chi connectivity index (χ0v) is 8.44. The van der Waals surface area contributed by atoms with Crippen LogP contribution in [0.3, 0.4) is 0 Å². The second-order valence-electron chi connectivity index (χ2n) is 2.49. The van der Waals surface area contributed by atoms with E-state index in [2.05, 4.69) is 20.9 Å². The molecule has 7 heteroatoms. The minimum absolute atomic E-state index is 0.263. The quantitative estimate of drug-likeness (QED) is 0.667. The van der Waals surface area contributed by atoms with Gasteiger partial charge >= 0.3 is 0 Å². The lowest BCUT2D eigenvalue weighted by molar-refractivity contribution is -0.386. The highest BCUT2D eigenvalue weighted by Crippen LogP contribution is 2.26. The van der Waals surface area contributed by atoms with Crippen LogP contribution in [0.2, 0.25) is 0 Å². The molecule has 0 spiro atoms. The Morgan fingerprint density at radius 3 is 2.93 bits per heavy atom. The molecule has 1 N–H and O–H groups in total. The zero-order chi connectivity index (χ0) is 10.7. The molecule has 0 aliphatic heterocycles. The monoisotopic (exact) mass is 264 g/mol. The van der Waals surface area contributed by atoms with Crippen LogP contribution in [0.15, 0.2) is 16.7 Å². The number of alkyl halides is 1. The van der Waals surface area contributed by atoms with E-state index >= 15 is 0 Å². The van der Waals surface area contributed by atoms with Gasteiger partial charge in [0.1, 0.15) is 18.5 Å². The van der Waals surface area contributed by atoms with Crippen molar-refractivity contribution in [1.29, 1.82) is 0 Å². The second kappa shape index (κ2) is 4.43. The third-order valence-electron chi connectivity index (χ3n) is 1.52. The molecule has 1 unspecified atom stereocenters.